The van der Waals surface area contributed by atoms with Gasteiger partial charge in [-0.1, -0.05) is 0 Å². The van der Waals surface area contributed by atoms with Crippen LogP contribution in [0.4, 0.5) is 13.2 Å². The molecule has 2 aromatic heterocycles. The van der Waals surface area contributed by atoms with Crippen molar-refractivity contribution in [3.05, 3.63) is 36.3 Å². The van der Waals surface area contributed by atoms with Crippen LogP contribution in [-0.2, 0) is 6.18 Å². The standard InChI is InChI=1S/C14H11F3N4O2/c1-22-10-4-3-8(7-11(10)23-2)9-5-6-18-13-19-12(14(15,16)17)20-21(9)13/h3-7H,1-2H3. The van der Waals surface area contributed by atoms with Crippen LogP contribution < -0.4 is 9.47 Å². The van der Waals surface area contributed by atoms with Crippen LogP contribution in [0.3, 0.4) is 0 Å². The number of methoxy groups -OCH3 is 2. The fraction of sp³-hybridized carbons (Fsp3) is 0.214. The molecule has 0 aliphatic heterocycles. The molecule has 0 saturated carbocycles. The first-order valence-electron chi connectivity index (χ1n) is 6.45. The second-order valence-corrected chi connectivity index (χ2v) is 4.54. The highest BCUT2D eigenvalue weighted by Gasteiger charge is 2.36. The number of fused-ring (bicyclic) bond motifs is 1. The number of rotatable bonds is 3. The average Bonchev–Trinajstić information content (AvgIpc) is 2.98. The summed E-state index contributed by atoms with van der Waals surface area (Å²) in [7, 11) is 2.97. The highest BCUT2D eigenvalue weighted by Crippen LogP contribution is 2.33. The van der Waals surface area contributed by atoms with E-state index < -0.39 is 12.0 Å². The van der Waals surface area contributed by atoms with Gasteiger partial charge in [-0.15, -0.1) is 5.10 Å². The Morgan fingerprint density at radius 2 is 1.78 bits per heavy atom. The fourth-order valence-electron chi connectivity index (χ4n) is 2.13. The van der Waals surface area contributed by atoms with E-state index in [9.17, 15) is 13.2 Å². The molecule has 0 N–H and O–H groups in total. The smallest absolute Gasteiger partial charge is 0.453 e. The fourth-order valence-corrected chi connectivity index (χ4v) is 2.13. The maximum absolute atomic E-state index is 12.8. The van der Waals surface area contributed by atoms with Crippen LogP contribution in [0.5, 0.6) is 11.5 Å². The first-order valence-corrected chi connectivity index (χ1v) is 6.45. The maximum Gasteiger partial charge on any atom is 0.453 e. The second-order valence-electron chi connectivity index (χ2n) is 4.54. The SMILES string of the molecule is COc1ccc(-c2ccnc3nc(C(F)(F)F)nn23)cc1OC. The molecule has 2 heterocycles. The van der Waals surface area contributed by atoms with E-state index in [0.29, 0.717) is 22.8 Å². The molecule has 0 saturated heterocycles. The third-order valence-corrected chi connectivity index (χ3v) is 3.17. The molecule has 3 rings (SSSR count). The largest absolute Gasteiger partial charge is 0.493 e. The van der Waals surface area contributed by atoms with Crippen molar-refractivity contribution in [1.82, 2.24) is 19.6 Å². The van der Waals surface area contributed by atoms with Crippen LogP contribution in [-0.4, -0.2) is 33.8 Å². The first-order chi connectivity index (χ1) is 10.9. The van der Waals surface area contributed by atoms with Crippen LogP contribution in [0, 0.1) is 0 Å². The Balaban J connectivity index is 2.18. The molecule has 23 heavy (non-hydrogen) atoms. The topological polar surface area (TPSA) is 61.5 Å². The normalized spacial score (nSPS) is 11.7. The van der Waals surface area contributed by atoms with Gasteiger partial charge in [-0.25, -0.2) is 4.98 Å². The van der Waals surface area contributed by atoms with Crippen molar-refractivity contribution in [2.75, 3.05) is 14.2 Å². The van der Waals surface area contributed by atoms with E-state index in [1.807, 2.05) is 0 Å². The van der Waals surface area contributed by atoms with Crippen molar-refractivity contribution in [1.29, 1.82) is 0 Å². The number of alkyl halides is 3. The van der Waals surface area contributed by atoms with Gasteiger partial charge in [-0.2, -0.15) is 22.7 Å². The molecule has 0 aliphatic carbocycles. The predicted molar refractivity (Wildman–Crippen MR) is 74.3 cm³/mol. The van der Waals surface area contributed by atoms with Gasteiger partial charge in [0.1, 0.15) is 0 Å². The van der Waals surface area contributed by atoms with Gasteiger partial charge in [0.05, 0.1) is 19.9 Å². The Labute approximate surface area is 128 Å². The lowest BCUT2D eigenvalue weighted by atomic mass is 10.1. The quantitative estimate of drug-likeness (QED) is 0.741. The van der Waals surface area contributed by atoms with Crippen molar-refractivity contribution in [3.63, 3.8) is 0 Å². The molecule has 0 atom stereocenters. The Hall–Kier alpha value is -2.84. The van der Waals surface area contributed by atoms with E-state index in [1.54, 1.807) is 24.3 Å². The van der Waals surface area contributed by atoms with Crippen molar-refractivity contribution < 1.29 is 22.6 Å². The summed E-state index contributed by atoms with van der Waals surface area (Å²) in [6.07, 6.45) is -3.27. The van der Waals surface area contributed by atoms with Gasteiger partial charge in [0.15, 0.2) is 11.5 Å². The summed E-state index contributed by atoms with van der Waals surface area (Å²) in [5, 5.41) is 3.50. The Morgan fingerprint density at radius 1 is 1.04 bits per heavy atom. The monoisotopic (exact) mass is 324 g/mol. The molecule has 0 bridgehead atoms. The van der Waals surface area contributed by atoms with Gasteiger partial charge < -0.3 is 9.47 Å². The number of hydrogen-bond donors (Lipinski definition) is 0. The van der Waals surface area contributed by atoms with Gasteiger partial charge in [0, 0.05) is 11.8 Å². The molecule has 0 unspecified atom stereocenters. The summed E-state index contributed by atoms with van der Waals surface area (Å²) in [4.78, 5) is 7.22. The van der Waals surface area contributed by atoms with E-state index in [4.69, 9.17) is 9.47 Å². The number of benzene rings is 1. The van der Waals surface area contributed by atoms with Crippen LogP contribution in [0.2, 0.25) is 0 Å². The van der Waals surface area contributed by atoms with Crippen LogP contribution in [0.1, 0.15) is 5.82 Å². The molecule has 120 valence electrons. The van der Waals surface area contributed by atoms with E-state index in [1.165, 1.54) is 20.4 Å². The lowest BCUT2D eigenvalue weighted by Crippen LogP contribution is -2.07. The van der Waals surface area contributed by atoms with Crippen LogP contribution in [0.15, 0.2) is 30.5 Å². The van der Waals surface area contributed by atoms with E-state index >= 15 is 0 Å². The molecule has 6 nitrogen and oxygen atoms in total. The zero-order valence-electron chi connectivity index (χ0n) is 12.1. The second kappa shape index (κ2) is 5.41. The van der Waals surface area contributed by atoms with E-state index in [2.05, 4.69) is 15.1 Å². The summed E-state index contributed by atoms with van der Waals surface area (Å²) < 4.78 is 49.7. The lowest BCUT2D eigenvalue weighted by molar-refractivity contribution is -0.144. The number of halogens is 3. The Morgan fingerprint density at radius 3 is 2.43 bits per heavy atom. The zero-order chi connectivity index (χ0) is 16.6. The van der Waals surface area contributed by atoms with Crippen molar-refractivity contribution >= 4 is 5.78 Å². The zero-order valence-corrected chi connectivity index (χ0v) is 12.1. The van der Waals surface area contributed by atoms with Crippen molar-refractivity contribution in [3.8, 4) is 22.8 Å². The maximum atomic E-state index is 12.8. The van der Waals surface area contributed by atoms with Crippen molar-refractivity contribution in [2.24, 2.45) is 0 Å². The lowest BCUT2D eigenvalue weighted by Gasteiger charge is -2.10. The number of aromatic nitrogens is 4. The predicted octanol–water partition coefficient (Wildman–Crippen LogP) is 2.83. The molecule has 0 fully saturated rings. The number of nitrogens with zero attached hydrogens (tertiary/aromatic N) is 4. The summed E-state index contributed by atoms with van der Waals surface area (Å²) in [5.41, 5.74) is 0.993. The molecule has 0 spiro atoms. The third-order valence-electron chi connectivity index (χ3n) is 3.17. The number of ether oxygens (including phenoxy) is 2. The minimum absolute atomic E-state index is 0.135. The molecule has 0 aliphatic rings. The van der Waals surface area contributed by atoms with Gasteiger partial charge >= 0.3 is 6.18 Å². The van der Waals surface area contributed by atoms with Gasteiger partial charge in [0.2, 0.25) is 0 Å². The van der Waals surface area contributed by atoms with Crippen molar-refractivity contribution in [2.45, 2.75) is 6.18 Å². The number of hydrogen-bond acceptors (Lipinski definition) is 5. The molecular formula is C14H11F3N4O2. The summed E-state index contributed by atoms with van der Waals surface area (Å²) >= 11 is 0. The summed E-state index contributed by atoms with van der Waals surface area (Å²) in [6.45, 7) is 0. The van der Waals surface area contributed by atoms with Crippen LogP contribution in [0.25, 0.3) is 17.0 Å². The molecule has 9 heteroatoms. The molecule has 3 aromatic rings. The summed E-state index contributed by atoms with van der Waals surface area (Å²) in [6, 6.07) is 6.53. The van der Waals surface area contributed by atoms with Gasteiger partial charge in [-0.05, 0) is 24.3 Å². The summed E-state index contributed by atoms with van der Waals surface area (Å²) in [5.74, 6) is -0.412. The third kappa shape index (κ3) is 2.65. The first kappa shape index (κ1) is 15.1. The molecule has 1 aromatic carbocycles. The Kier molecular flexibility index (Phi) is 3.55. The molecular weight excluding hydrogens is 313 g/mol. The highest BCUT2D eigenvalue weighted by molar-refractivity contribution is 5.65. The molecule has 0 amide bonds. The minimum Gasteiger partial charge on any atom is -0.493 e. The highest BCUT2D eigenvalue weighted by atomic mass is 19.4. The van der Waals surface area contributed by atoms with Gasteiger partial charge in [0.25, 0.3) is 11.6 Å². The average molecular weight is 324 g/mol. The molecule has 0 radical (unpaired) electrons. The van der Waals surface area contributed by atoms with Crippen LogP contribution >= 0.6 is 0 Å². The Bertz CT molecular complexity index is 861. The minimum atomic E-state index is -4.64. The van der Waals surface area contributed by atoms with Gasteiger partial charge in [-0.3, -0.25) is 0 Å². The van der Waals surface area contributed by atoms with E-state index in [0.717, 1.165) is 4.52 Å². The van der Waals surface area contributed by atoms with E-state index in [-0.39, 0.29) is 5.78 Å².